The van der Waals surface area contributed by atoms with Crippen molar-refractivity contribution in [1.82, 2.24) is 5.32 Å². The van der Waals surface area contributed by atoms with E-state index in [4.69, 9.17) is 4.74 Å². The van der Waals surface area contributed by atoms with Crippen molar-refractivity contribution in [3.63, 3.8) is 0 Å². The molecule has 0 amide bonds. The van der Waals surface area contributed by atoms with Crippen molar-refractivity contribution in [3.8, 4) is 0 Å². The second-order valence-electron chi connectivity index (χ2n) is 7.31. The van der Waals surface area contributed by atoms with Crippen LogP contribution < -0.4 is 5.32 Å². The Labute approximate surface area is 131 Å². The number of ether oxygens (including phenoxy) is 1. The van der Waals surface area contributed by atoms with E-state index in [9.17, 15) is 0 Å². The molecular weight excluding hydrogens is 258 g/mol. The summed E-state index contributed by atoms with van der Waals surface area (Å²) in [5.74, 6) is 0. The molecule has 1 rings (SSSR count). The van der Waals surface area contributed by atoms with Gasteiger partial charge in [0.2, 0.25) is 0 Å². The van der Waals surface area contributed by atoms with Crippen molar-refractivity contribution in [2.24, 2.45) is 5.41 Å². The summed E-state index contributed by atoms with van der Waals surface area (Å²) in [6.45, 7) is 15.9. The fraction of sp³-hybridized carbons (Fsp3) is 0.684. The SMILES string of the molecule is CCCNC(COCCC(C)(C)C)c1cc(C)cc(C)c1. The van der Waals surface area contributed by atoms with Gasteiger partial charge in [-0.1, -0.05) is 57.0 Å². The first-order valence-corrected chi connectivity index (χ1v) is 8.21. The summed E-state index contributed by atoms with van der Waals surface area (Å²) in [5, 5.41) is 3.61. The van der Waals surface area contributed by atoms with Gasteiger partial charge >= 0.3 is 0 Å². The first kappa shape index (κ1) is 18.2. The Kier molecular flexibility index (Phi) is 7.41. The molecule has 2 nitrogen and oxygen atoms in total. The zero-order chi connectivity index (χ0) is 15.9. The molecule has 0 spiro atoms. The molecule has 0 aliphatic rings. The van der Waals surface area contributed by atoms with Crippen LogP contribution in [0.15, 0.2) is 18.2 Å². The summed E-state index contributed by atoms with van der Waals surface area (Å²) < 4.78 is 5.94. The lowest BCUT2D eigenvalue weighted by atomic mass is 9.93. The highest BCUT2D eigenvalue weighted by atomic mass is 16.5. The maximum atomic E-state index is 5.94. The minimum Gasteiger partial charge on any atom is -0.379 e. The number of aryl methyl sites for hydroxylation is 2. The van der Waals surface area contributed by atoms with Gasteiger partial charge in [0.15, 0.2) is 0 Å². The van der Waals surface area contributed by atoms with E-state index in [0.29, 0.717) is 11.5 Å². The summed E-state index contributed by atoms with van der Waals surface area (Å²) in [7, 11) is 0. The average Bonchev–Trinajstić information content (AvgIpc) is 2.35. The summed E-state index contributed by atoms with van der Waals surface area (Å²) >= 11 is 0. The number of rotatable bonds is 8. The summed E-state index contributed by atoms with van der Waals surface area (Å²) in [6, 6.07) is 7.06. The highest BCUT2D eigenvalue weighted by Gasteiger charge is 2.14. The van der Waals surface area contributed by atoms with Crippen LogP contribution in [-0.2, 0) is 4.74 Å². The van der Waals surface area contributed by atoms with Gasteiger partial charge in [-0.15, -0.1) is 0 Å². The first-order chi connectivity index (χ1) is 9.81. The van der Waals surface area contributed by atoms with E-state index >= 15 is 0 Å². The molecule has 0 saturated heterocycles. The van der Waals surface area contributed by atoms with Crippen molar-refractivity contribution in [3.05, 3.63) is 34.9 Å². The van der Waals surface area contributed by atoms with Crippen molar-refractivity contribution in [1.29, 1.82) is 0 Å². The molecule has 2 heteroatoms. The molecule has 0 heterocycles. The van der Waals surface area contributed by atoms with Gasteiger partial charge in [-0.05, 0) is 44.2 Å². The average molecular weight is 291 g/mol. The van der Waals surface area contributed by atoms with Crippen molar-refractivity contribution in [2.45, 2.75) is 60.4 Å². The number of benzene rings is 1. The lowest BCUT2D eigenvalue weighted by Gasteiger charge is -2.22. The van der Waals surface area contributed by atoms with Crippen LogP contribution in [0.25, 0.3) is 0 Å². The molecule has 0 aliphatic heterocycles. The largest absolute Gasteiger partial charge is 0.379 e. The monoisotopic (exact) mass is 291 g/mol. The fourth-order valence-corrected chi connectivity index (χ4v) is 2.38. The van der Waals surface area contributed by atoms with Crippen LogP contribution in [0.1, 0.15) is 63.3 Å². The number of hydrogen-bond donors (Lipinski definition) is 1. The molecule has 1 atom stereocenters. The minimum atomic E-state index is 0.295. The van der Waals surface area contributed by atoms with E-state index in [0.717, 1.165) is 32.6 Å². The second kappa shape index (κ2) is 8.55. The smallest absolute Gasteiger partial charge is 0.0661 e. The Bertz CT molecular complexity index is 400. The molecule has 1 aromatic carbocycles. The lowest BCUT2D eigenvalue weighted by Crippen LogP contribution is -2.27. The minimum absolute atomic E-state index is 0.295. The molecule has 1 N–H and O–H groups in total. The van der Waals surface area contributed by atoms with Gasteiger partial charge in [-0.2, -0.15) is 0 Å². The predicted molar refractivity (Wildman–Crippen MR) is 91.8 cm³/mol. The Balaban J connectivity index is 2.62. The van der Waals surface area contributed by atoms with E-state index in [1.165, 1.54) is 16.7 Å². The second-order valence-corrected chi connectivity index (χ2v) is 7.31. The van der Waals surface area contributed by atoms with E-state index < -0.39 is 0 Å². The van der Waals surface area contributed by atoms with Crippen LogP contribution in [-0.4, -0.2) is 19.8 Å². The van der Waals surface area contributed by atoms with Crippen LogP contribution in [0.2, 0.25) is 0 Å². The van der Waals surface area contributed by atoms with Crippen molar-refractivity contribution in [2.75, 3.05) is 19.8 Å². The maximum Gasteiger partial charge on any atom is 0.0661 e. The Morgan fingerprint density at radius 2 is 1.71 bits per heavy atom. The molecule has 0 aliphatic carbocycles. The quantitative estimate of drug-likeness (QED) is 0.695. The third kappa shape index (κ3) is 7.63. The first-order valence-electron chi connectivity index (χ1n) is 8.21. The van der Waals surface area contributed by atoms with Gasteiger partial charge in [0.05, 0.1) is 12.6 Å². The molecule has 0 fully saturated rings. The number of hydrogen-bond acceptors (Lipinski definition) is 2. The van der Waals surface area contributed by atoms with Crippen molar-refractivity contribution < 1.29 is 4.74 Å². The van der Waals surface area contributed by atoms with Gasteiger partial charge in [0.1, 0.15) is 0 Å². The summed E-state index contributed by atoms with van der Waals surface area (Å²) in [4.78, 5) is 0. The van der Waals surface area contributed by atoms with E-state index in [1.54, 1.807) is 0 Å². The van der Waals surface area contributed by atoms with Gasteiger partial charge in [-0.3, -0.25) is 0 Å². The third-order valence-electron chi connectivity index (χ3n) is 3.57. The highest BCUT2D eigenvalue weighted by Crippen LogP contribution is 2.20. The summed E-state index contributed by atoms with van der Waals surface area (Å²) in [5.41, 5.74) is 4.33. The molecule has 0 bridgehead atoms. The predicted octanol–water partition coefficient (Wildman–Crippen LogP) is 4.80. The zero-order valence-electron chi connectivity index (χ0n) is 14.8. The van der Waals surface area contributed by atoms with E-state index in [-0.39, 0.29) is 0 Å². The molecule has 0 saturated carbocycles. The summed E-state index contributed by atoms with van der Waals surface area (Å²) in [6.07, 6.45) is 2.24. The van der Waals surface area contributed by atoms with E-state index in [1.807, 2.05) is 0 Å². The molecule has 0 aromatic heterocycles. The van der Waals surface area contributed by atoms with Crippen molar-refractivity contribution >= 4 is 0 Å². The van der Waals surface area contributed by atoms with Crippen LogP contribution in [0.4, 0.5) is 0 Å². The van der Waals surface area contributed by atoms with Gasteiger partial charge in [0.25, 0.3) is 0 Å². The van der Waals surface area contributed by atoms with Crippen LogP contribution in [0.3, 0.4) is 0 Å². The Hall–Kier alpha value is -0.860. The van der Waals surface area contributed by atoms with Crippen LogP contribution in [0.5, 0.6) is 0 Å². The topological polar surface area (TPSA) is 21.3 Å². The lowest BCUT2D eigenvalue weighted by molar-refractivity contribution is 0.0897. The molecule has 21 heavy (non-hydrogen) atoms. The van der Waals surface area contributed by atoms with Gasteiger partial charge in [-0.25, -0.2) is 0 Å². The number of nitrogens with one attached hydrogen (secondary N) is 1. The maximum absolute atomic E-state index is 5.94. The third-order valence-corrected chi connectivity index (χ3v) is 3.57. The molecule has 1 aromatic rings. The normalized spacial score (nSPS) is 13.4. The van der Waals surface area contributed by atoms with Gasteiger partial charge in [0, 0.05) is 6.61 Å². The van der Waals surface area contributed by atoms with Crippen LogP contribution in [0, 0.1) is 19.3 Å². The standard InChI is InChI=1S/C19H33NO/c1-7-9-20-18(14-21-10-8-19(4,5)6)17-12-15(2)11-16(3)13-17/h11-13,18,20H,7-10,14H2,1-6H3. The molecular formula is C19H33NO. The molecule has 0 radical (unpaired) electrons. The fourth-order valence-electron chi connectivity index (χ4n) is 2.38. The van der Waals surface area contributed by atoms with Gasteiger partial charge < -0.3 is 10.1 Å². The molecule has 1 unspecified atom stereocenters. The zero-order valence-corrected chi connectivity index (χ0v) is 14.8. The molecule has 120 valence electrons. The van der Waals surface area contributed by atoms with Crippen LogP contribution >= 0.6 is 0 Å². The Morgan fingerprint density at radius 3 is 2.24 bits per heavy atom. The Morgan fingerprint density at radius 1 is 1.10 bits per heavy atom. The highest BCUT2D eigenvalue weighted by molar-refractivity contribution is 5.30. The van der Waals surface area contributed by atoms with E-state index in [2.05, 4.69) is 65.1 Å².